The summed E-state index contributed by atoms with van der Waals surface area (Å²) in [4.78, 5) is 25.8. The Kier molecular flexibility index (Phi) is 4.56. The van der Waals surface area contributed by atoms with Crippen molar-refractivity contribution in [3.8, 4) is 0 Å². The normalized spacial score (nSPS) is 27.9. The number of aryl methyl sites for hydroxylation is 1. The number of rotatable bonds is 2. The van der Waals surface area contributed by atoms with Crippen molar-refractivity contribution in [2.24, 2.45) is 13.0 Å². The number of carbonyl (C=O) groups is 2. The fraction of sp³-hybridized carbons (Fsp3) is 0.643. The molecule has 116 valence electrons. The van der Waals surface area contributed by atoms with Crippen LogP contribution in [0.4, 0.5) is 0 Å². The first kappa shape index (κ1) is 15.8. The van der Waals surface area contributed by atoms with Crippen molar-refractivity contribution in [1.29, 1.82) is 0 Å². The summed E-state index contributed by atoms with van der Waals surface area (Å²) in [7, 11) is 1.71. The van der Waals surface area contributed by atoms with Crippen LogP contribution in [0.1, 0.15) is 42.6 Å². The molecule has 7 heteroatoms. The molecule has 6 nitrogen and oxygen atoms in total. The van der Waals surface area contributed by atoms with Gasteiger partial charge in [-0.15, -0.1) is 12.4 Å². The number of carboxylic acids is 1. The Morgan fingerprint density at radius 1 is 1.33 bits per heavy atom. The van der Waals surface area contributed by atoms with Crippen LogP contribution in [0, 0.1) is 5.92 Å². The second-order valence-electron chi connectivity index (χ2n) is 5.75. The second kappa shape index (κ2) is 6.05. The molecule has 0 unspecified atom stereocenters. The van der Waals surface area contributed by atoms with E-state index >= 15 is 0 Å². The van der Waals surface area contributed by atoms with Crippen LogP contribution in [0.15, 0.2) is 12.3 Å². The van der Waals surface area contributed by atoms with Gasteiger partial charge in [0.15, 0.2) is 0 Å². The van der Waals surface area contributed by atoms with Gasteiger partial charge in [0.25, 0.3) is 5.91 Å². The van der Waals surface area contributed by atoms with Gasteiger partial charge in [0.05, 0.1) is 0 Å². The highest BCUT2D eigenvalue weighted by Gasteiger charge is 2.48. The molecule has 0 bridgehead atoms. The third-order valence-electron chi connectivity index (χ3n) is 4.65. The summed E-state index contributed by atoms with van der Waals surface area (Å²) in [5.41, 5.74) is 0.461. The molecular formula is C14H20ClN3O3. The topological polar surface area (TPSA) is 75.4 Å². The number of likely N-dealkylation sites (tertiary alicyclic amines) is 1. The predicted octanol–water partition coefficient (Wildman–Crippen LogP) is 1.70. The Bertz CT molecular complexity index is 545. The van der Waals surface area contributed by atoms with E-state index in [9.17, 15) is 14.7 Å². The van der Waals surface area contributed by atoms with Crippen molar-refractivity contribution in [3.63, 3.8) is 0 Å². The van der Waals surface area contributed by atoms with Crippen LogP contribution in [0.2, 0.25) is 0 Å². The maximum Gasteiger partial charge on any atom is 0.326 e. The lowest BCUT2D eigenvalue weighted by Gasteiger charge is -2.32. The molecule has 2 fully saturated rings. The first-order chi connectivity index (χ1) is 9.59. The van der Waals surface area contributed by atoms with Gasteiger partial charge >= 0.3 is 5.97 Å². The number of carbonyl (C=O) groups excluding carboxylic acids is 1. The van der Waals surface area contributed by atoms with E-state index in [2.05, 4.69) is 5.10 Å². The average Bonchev–Trinajstić information content (AvgIpc) is 3.01. The van der Waals surface area contributed by atoms with E-state index in [-0.39, 0.29) is 24.4 Å². The third kappa shape index (κ3) is 2.64. The molecule has 1 aromatic heterocycles. The standard InChI is InChI=1S/C14H19N3O3.ClH/c1-16-11(6-7-15-16)13(18)17-10-5-3-2-4-9(10)8-12(17)14(19)20;/h6-7,9-10,12H,2-5,8H2,1H3,(H,19,20);1H/t9-,10-,12-;/m0./s1. The smallest absolute Gasteiger partial charge is 0.326 e. The fourth-order valence-corrected chi connectivity index (χ4v) is 3.69. The molecule has 3 rings (SSSR count). The van der Waals surface area contributed by atoms with Gasteiger partial charge in [0.2, 0.25) is 0 Å². The highest BCUT2D eigenvalue weighted by atomic mass is 35.5. The summed E-state index contributed by atoms with van der Waals surface area (Å²) < 4.78 is 1.51. The number of hydrogen-bond acceptors (Lipinski definition) is 3. The zero-order valence-corrected chi connectivity index (χ0v) is 12.8. The summed E-state index contributed by atoms with van der Waals surface area (Å²) in [5.74, 6) is -0.760. The Morgan fingerprint density at radius 3 is 2.67 bits per heavy atom. The summed E-state index contributed by atoms with van der Waals surface area (Å²) >= 11 is 0. The van der Waals surface area contributed by atoms with Crippen molar-refractivity contribution in [2.75, 3.05) is 0 Å². The van der Waals surface area contributed by atoms with Gasteiger partial charge in [0, 0.05) is 19.3 Å². The monoisotopic (exact) mass is 313 g/mol. The van der Waals surface area contributed by atoms with Crippen LogP contribution in [-0.2, 0) is 11.8 Å². The third-order valence-corrected chi connectivity index (χ3v) is 4.65. The van der Waals surface area contributed by atoms with Crippen molar-refractivity contribution in [2.45, 2.75) is 44.2 Å². The van der Waals surface area contributed by atoms with Crippen LogP contribution in [0.5, 0.6) is 0 Å². The molecule has 3 atom stereocenters. The molecule has 0 spiro atoms. The molecule has 21 heavy (non-hydrogen) atoms. The van der Waals surface area contributed by atoms with Crippen LogP contribution in [0.25, 0.3) is 0 Å². The lowest BCUT2D eigenvalue weighted by atomic mass is 9.84. The van der Waals surface area contributed by atoms with E-state index in [1.165, 1.54) is 4.68 Å². The summed E-state index contributed by atoms with van der Waals surface area (Å²) in [6.45, 7) is 0. The zero-order chi connectivity index (χ0) is 14.3. The Balaban J connectivity index is 0.00000161. The number of aliphatic carboxylic acids is 1. The predicted molar refractivity (Wildman–Crippen MR) is 78.4 cm³/mol. The van der Waals surface area contributed by atoms with Gasteiger partial charge in [-0.3, -0.25) is 9.48 Å². The zero-order valence-electron chi connectivity index (χ0n) is 11.9. The quantitative estimate of drug-likeness (QED) is 0.901. The lowest BCUT2D eigenvalue weighted by molar-refractivity contribution is -0.141. The molecular weight excluding hydrogens is 294 g/mol. The van der Waals surface area contributed by atoms with Crippen LogP contribution < -0.4 is 0 Å². The molecule has 1 N–H and O–H groups in total. The van der Waals surface area contributed by atoms with Crippen molar-refractivity contribution in [1.82, 2.24) is 14.7 Å². The highest BCUT2D eigenvalue weighted by Crippen LogP contribution is 2.40. The van der Waals surface area contributed by atoms with Crippen LogP contribution in [-0.4, -0.2) is 43.7 Å². The number of aromatic nitrogens is 2. The molecule has 1 aliphatic carbocycles. The summed E-state index contributed by atoms with van der Waals surface area (Å²) in [6.07, 6.45) is 6.31. The molecule has 2 heterocycles. The van der Waals surface area contributed by atoms with Crippen molar-refractivity contribution in [3.05, 3.63) is 18.0 Å². The number of fused-ring (bicyclic) bond motifs is 1. The number of nitrogens with zero attached hydrogens (tertiary/aromatic N) is 3. The van der Waals surface area contributed by atoms with E-state index < -0.39 is 12.0 Å². The Hall–Kier alpha value is -1.56. The maximum absolute atomic E-state index is 12.7. The van der Waals surface area contributed by atoms with Crippen molar-refractivity contribution >= 4 is 24.3 Å². The van der Waals surface area contributed by atoms with Gasteiger partial charge in [0.1, 0.15) is 11.7 Å². The molecule has 1 saturated heterocycles. The van der Waals surface area contributed by atoms with Crippen molar-refractivity contribution < 1.29 is 14.7 Å². The van der Waals surface area contributed by atoms with Gasteiger partial charge in [-0.25, -0.2) is 4.79 Å². The SMILES string of the molecule is Cl.Cn1nccc1C(=O)N1[C@H](C(=O)O)C[C@@H]2CCCC[C@@H]21. The highest BCUT2D eigenvalue weighted by molar-refractivity contribution is 5.95. The van der Waals surface area contributed by atoms with Crippen LogP contribution in [0.3, 0.4) is 0 Å². The molecule has 1 amide bonds. The van der Waals surface area contributed by atoms with E-state index in [0.29, 0.717) is 18.0 Å². The van der Waals surface area contributed by atoms with E-state index in [1.54, 1.807) is 24.2 Å². The van der Waals surface area contributed by atoms with Gasteiger partial charge in [-0.1, -0.05) is 12.8 Å². The van der Waals surface area contributed by atoms with Gasteiger partial charge < -0.3 is 10.0 Å². The lowest BCUT2D eigenvalue weighted by Crippen LogP contribution is -2.46. The minimum atomic E-state index is -0.894. The molecule has 1 aromatic rings. The molecule has 0 aromatic carbocycles. The second-order valence-corrected chi connectivity index (χ2v) is 5.75. The number of halogens is 1. The van der Waals surface area contributed by atoms with E-state index in [4.69, 9.17) is 0 Å². The van der Waals surface area contributed by atoms with E-state index in [1.807, 2.05) is 0 Å². The Labute approximate surface area is 129 Å². The fourth-order valence-electron chi connectivity index (χ4n) is 3.69. The number of carboxylic acid groups (broad SMARTS) is 1. The minimum Gasteiger partial charge on any atom is -0.480 e. The largest absolute Gasteiger partial charge is 0.480 e. The molecule has 2 aliphatic rings. The average molecular weight is 314 g/mol. The molecule has 0 radical (unpaired) electrons. The minimum absolute atomic E-state index is 0. The number of hydrogen-bond donors (Lipinski definition) is 1. The Morgan fingerprint density at radius 2 is 2.05 bits per heavy atom. The van der Waals surface area contributed by atoms with Gasteiger partial charge in [-0.05, 0) is 31.2 Å². The first-order valence-corrected chi connectivity index (χ1v) is 7.13. The first-order valence-electron chi connectivity index (χ1n) is 7.13. The molecule has 1 aliphatic heterocycles. The maximum atomic E-state index is 12.7. The summed E-state index contributed by atoms with van der Waals surface area (Å²) in [6, 6.07) is 1.04. The number of amides is 1. The molecule has 1 saturated carbocycles. The van der Waals surface area contributed by atoms with Crippen LogP contribution >= 0.6 is 12.4 Å². The summed E-state index contributed by atoms with van der Waals surface area (Å²) in [5, 5.41) is 13.4. The van der Waals surface area contributed by atoms with E-state index in [0.717, 1.165) is 25.7 Å². The van der Waals surface area contributed by atoms with Gasteiger partial charge in [-0.2, -0.15) is 5.10 Å².